The van der Waals surface area contributed by atoms with Gasteiger partial charge in [-0.2, -0.15) is 0 Å². The zero-order valence-corrected chi connectivity index (χ0v) is 22.8. The van der Waals surface area contributed by atoms with Crippen LogP contribution in [-0.2, 0) is 14.3 Å². The average molecular weight is 553 g/mol. The largest absolute Gasteiger partial charge is 0.465 e. The lowest BCUT2D eigenvalue weighted by molar-refractivity contribution is -0.119. The Kier molecular flexibility index (Phi) is 8.06. The third-order valence-corrected chi connectivity index (χ3v) is 6.52. The fourth-order valence-electron chi connectivity index (χ4n) is 4.15. The van der Waals surface area contributed by atoms with E-state index in [1.807, 2.05) is 30.3 Å². The van der Waals surface area contributed by atoms with Crippen molar-refractivity contribution in [1.29, 1.82) is 0 Å². The van der Waals surface area contributed by atoms with Gasteiger partial charge < -0.3 is 25.2 Å². The number of esters is 1. The van der Waals surface area contributed by atoms with Crippen LogP contribution < -0.4 is 15.5 Å². The number of carbonyl (C=O) groups is 3. The van der Waals surface area contributed by atoms with Gasteiger partial charge in [-0.3, -0.25) is 9.59 Å². The second-order valence-corrected chi connectivity index (χ2v) is 9.74. The number of rotatable bonds is 7. The highest BCUT2D eigenvalue weighted by Crippen LogP contribution is 2.41. The third kappa shape index (κ3) is 5.52. The van der Waals surface area contributed by atoms with Crippen LogP contribution in [0.3, 0.4) is 0 Å². The lowest BCUT2D eigenvalue weighted by Gasteiger charge is -2.23. The zero-order valence-electron chi connectivity index (χ0n) is 21.3. The van der Waals surface area contributed by atoms with Crippen LogP contribution in [0.2, 0.25) is 10.0 Å². The summed E-state index contributed by atoms with van der Waals surface area (Å²) < 4.78 is 4.80. The molecule has 0 aromatic heterocycles. The highest BCUT2D eigenvalue weighted by atomic mass is 35.5. The number of methoxy groups -OCH3 is 1. The van der Waals surface area contributed by atoms with Gasteiger partial charge in [0.2, 0.25) is 5.91 Å². The second kappa shape index (κ2) is 11.3. The summed E-state index contributed by atoms with van der Waals surface area (Å²) in [5.74, 6) is -1.01. The van der Waals surface area contributed by atoms with Gasteiger partial charge in [0.1, 0.15) is 0 Å². The van der Waals surface area contributed by atoms with Crippen LogP contribution in [0.5, 0.6) is 0 Å². The van der Waals surface area contributed by atoms with Crippen molar-refractivity contribution in [3.63, 3.8) is 0 Å². The highest BCUT2D eigenvalue weighted by Gasteiger charge is 2.30. The Balaban J connectivity index is 1.79. The fraction of sp³-hybridized carbons (Fsp3) is 0.179. The standard InChI is InChI=1S/C28H26Cl2N4O4/c1-33(2)15-23(35)34(3)26-20(29)13-18(14-21(26)30)31-25(16-8-6-5-7-9-16)24-19-11-10-17(28(37)38-4)12-22(19)32-27(24)36/h5-14,31H,15H2,1-4H3,(H,32,36)/b25-24-. The molecule has 1 aliphatic rings. The number of fused-ring (bicyclic) bond motifs is 1. The van der Waals surface area contributed by atoms with E-state index in [-0.39, 0.29) is 28.4 Å². The number of likely N-dealkylation sites (N-methyl/N-ethyl adjacent to an activating group) is 2. The van der Waals surface area contributed by atoms with Crippen LogP contribution in [0.25, 0.3) is 11.3 Å². The van der Waals surface area contributed by atoms with Gasteiger partial charge in [-0.15, -0.1) is 0 Å². The number of halogens is 2. The van der Waals surface area contributed by atoms with E-state index in [1.54, 1.807) is 56.4 Å². The lowest BCUT2D eigenvalue weighted by Crippen LogP contribution is -2.35. The highest BCUT2D eigenvalue weighted by molar-refractivity contribution is 6.41. The minimum atomic E-state index is -0.501. The Labute approximate surface area is 230 Å². The van der Waals surface area contributed by atoms with E-state index >= 15 is 0 Å². The van der Waals surface area contributed by atoms with Gasteiger partial charge in [0, 0.05) is 18.3 Å². The number of benzene rings is 3. The zero-order chi connectivity index (χ0) is 27.6. The lowest BCUT2D eigenvalue weighted by atomic mass is 9.99. The topological polar surface area (TPSA) is 91.0 Å². The molecule has 0 aliphatic carbocycles. The van der Waals surface area contributed by atoms with Crippen molar-refractivity contribution in [2.45, 2.75) is 0 Å². The van der Waals surface area contributed by atoms with Crippen molar-refractivity contribution in [2.24, 2.45) is 0 Å². The molecule has 10 heteroatoms. The normalized spacial score (nSPS) is 13.6. The van der Waals surface area contributed by atoms with Crippen molar-refractivity contribution in [2.75, 3.05) is 50.3 Å². The van der Waals surface area contributed by atoms with Crippen LogP contribution in [0.15, 0.2) is 60.7 Å². The molecule has 0 bridgehead atoms. The van der Waals surface area contributed by atoms with Gasteiger partial charge in [0.25, 0.3) is 5.91 Å². The molecule has 38 heavy (non-hydrogen) atoms. The molecule has 0 atom stereocenters. The third-order valence-electron chi connectivity index (χ3n) is 5.94. The molecule has 196 valence electrons. The van der Waals surface area contributed by atoms with E-state index in [4.69, 9.17) is 27.9 Å². The predicted molar refractivity (Wildman–Crippen MR) is 152 cm³/mol. The molecule has 1 heterocycles. The summed E-state index contributed by atoms with van der Waals surface area (Å²) in [5, 5.41) is 6.68. The number of hydrogen-bond donors (Lipinski definition) is 2. The van der Waals surface area contributed by atoms with Crippen molar-refractivity contribution in [1.82, 2.24) is 4.90 Å². The first-order chi connectivity index (χ1) is 18.1. The first-order valence-corrected chi connectivity index (χ1v) is 12.4. The van der Waals surface area contributed by atoms with E-state index in [0.717, 1.165) is 5.56 Å². The Morgan fingerprint density at radius 3 is 2.21 bits per heavy atom. The van der Waals surface area contributed by atoms with E-state index in [0.29, 0.717) is 39.5 Å². The summed E-state index contributed by atoms with van der Waals surface area (Å²) >= 11 is 13.2. The van der Waals surface area contributed by atoms with Crippen molar-refractivity contribution < 1.29 is 19.1 Å². The molecule has 2 amide bonds. The summed E-state index contributed by atoms with van der Waals surface area (Å²) in [4.78, 5) is 41.0. The maximum Gasteiger partial charge on any atom is 0.337 e. The SMILES string of the molecule is COC(=O)c1ccc2c(c1)NC(=O)/C2=C(\Nc1cc(Cl)c(N(C)C(=O)CN(C)C)c(Cl)c1)c1ccccc1. The quantitative estimate of drug-likeness (QED) is 0.308. The maximum absolute atomic E-state index is 13.2. The number of nitrogens with zero attached hydrogens (tertiary/aromatic N) is 2. The van der Waals surface area contributed by atoms with Crippen molar-refractivity contribution in [3.8, 4) is 0 Å². The van der Waals surface area contributed by atoms with Crippen molar-refractivity contribution >= 4 is 69.3 Å². The summed E-state index contributed by atoms with van der Waals surface area (Å²) in [6, 6.07) is 17.5. The Bertz CT molecular complexity index is 1430. The first-order valence-electron chi connectivity index (χ1n) is 11.6. The number of hydrogen-bond acceptors (Lipinski definition) is 6. The molecule has 0 saturated heterocycles. The Morgan fingerprint density at radius 1 is 0.947 bits per heavy atom. The summed E-state index contributed by atoms with van der Waals surface area (Å²) in [5.41, 5.74) is 4.01. The first kappa shape index (κ1) is 27.2. The number of ether oxygens (including phenoxy) is 1. The molecule has 8 nitrogen and oxygen atoms in total. The average Bonchev–Trinajstić information content (AvgIpc) is 3.21. The van der Waals surface area contributed by atoms with Gasteiger partial charge in [-0.05, 0) is 43.9 Å². The Hall–Kier alpha value is -3.85. The number of nitrogens with one attached hydrogen (secondary N) is 2. The smallest absolute Gasteiger partial charge is 0.337 e. The molecule has 1 aliphatic heterocycles. The molecule has 0 saturated carbocycles. The molecule has 3 aromatic rings. The second-order valence-electron chi connectivity index (χ2n) is 8.93. The van der Waals surface area contributed by atoms with Gasteiger partial charge in [0.05, 0.1) is 51.9 Å². The predicted octanol–water partition coefficient (Wildman–Crippen LogP) is 5.24. The minimum absolute atomic E-state index is 0.169. The van der Waals surface area contributed by atoms with E-state index in [9.17, 15) is 14.4 Å². The van der Waals surface area contributed by atoms with Crippen molar-refractivity contribution in [3.05, 3.63) is 87.4 Å². The Morgan fingerprint density at radius 2 is 1.61 bits per heavy atom. The maximum atomic E-state index is 13.2. The van der Waals surface area contributed by atoms with Gasteiger partial charge in [-0.1, -0.05) is 59.6 Å². The number of anilines is 3. The monoisotopic (exact) mass is 552 g/mol. The van der Waals surface area contributed by atoms with Crippen LogP contribution in [-0.4, -0.2) is 57.5 Å². The molecule has 0 fully saturated rings. The molecule has 0 radical (unpaired) electrons. The number of carbonyl (C=O) groups excluding carboxylic acids is 3. The van der Waals surface area contributed by atoms with Gasteiger partial charge >= 0.3 is 5.97 Å². The van der Waals surface area contributed by atoms with Gasteiger partial charge in [-0.25, -0.2) is 4.79 Å². The van der Waals surface area contributed by atoms with E-state index < -0.39 is 5.97 Å². The van der Waals surface area contributed by atoms with E-state index in [1.165, 1.54) is 12.0 Å². The van der Waals surface area contributed by atoms with Crippen LogP contribution in [0, 0.1) is 0 Å². The molecule has 0 spiro atoms. The van der Waals surface area contributed by atoms with Crippen LogP contribution >= 0.6 is 23.2 Å². The fourth-order valence-corrected chi connectivity index (χ4v) is 4.89. The van der Waals surface area contributed by atoms with Crippen LogP contribution in [0.4, 0.5) is 17.1 Å². The van der Waals surface area contributed by atoms with Gasteiger partial charge in [0.15, 0.2) is 0 Å². The summed E-state index contributed by atoms with van der Waals surface area (Å²) in [6.07, 6.45) is 0. The molecule has 2 N–H and O–H groups in total. The molecular formula is C28H26Cl2N4O4. The molecule has 4 rings (SSSR count). The minimum Gasteiger partial charge on any atom is -0.465 e. The van der Waals surface area contributed by atoms with E-state index in [2.05, 4.69) is 10.6 Å². The van der Waals surface area contributed by atoms with Crippen LogP contribution in [0.1, 0.15) is 21.5 Å². The molecule has 3 aromatic carbocycles. The summed E-state index contributed by atoms with van der Waals surface area (Å²) in [7, 11) is 6.52. The summed E-state index contributed by atoms with van der Waals surface area (Å²) in [6.45, 7) is 0.194. The molecule has 0 unspecified atom stereocenters. The molecular weight excluding hydrogens is 527 g/mol. The number of amides is 2.